The summed E-state index contributed by atoms with van der Waals surface area (Å²) in [4.78, 5) is 3.10. The minimum Gasteiger partial charge on any atom is -0.394 e. The van der Waals surface area contributed by atoms with Crippen LogP contribution in [0.4, 0.5) is 0 Å². The Morgan fingerprint density at radius 1 is 0.525 bits per heavy atom. The second-order valence-electron chi connectivity index (χ2n) is 10.2. The molecule has 0 radical (unpaired) electrons. The maximum Gasteiger partial charge on any atom is 0.160 e. The number of hydrogen-bond donors (Lipinski definition) is 10. The third-order valence-electron chi connectivity index (χ3n) is 7.39. The summed E-state index contributed by atoms with van der Waals surface area (Å²) >= 11 is 18.8. The van der Waals surface area contributed by atoms with Gasteiger partial charge in [0.2, 0.25) is 0 Å². The maximum atomic E-state index is 10.4. The van der Waals surface area contributed by atoms with Gasteiger partial charge < -0.3 is 60.1 Å². The van der Waals surface area contributed by atoms with Gasteiger partial charge in [0.25, 0.3) is 0 Å². The molecule has 2 aliphatic rings. The Hall–Kier alpha value is 0.0800. The monoisotopic (exact) mass is 648 g/mol. The molecule has 0 aromatic rings. The third-order valence-corrected chi connectivity index (χ3v) is 8.37. The zero-order chi connectivity index (χ0) is 30.0. The van der Waals surface area contributed by atoms with E-state index in [9.17, 15) is 40.9 Å². The molecule has 2 saturated heterocycles. The lowest BCUT2D eigenvalue weighted by atomic mass is 9.97. The number of rotatable bonds is 15. The van der Waals surface area contributed by atoms with Gasteiger partial charge in [-0.2, -0.15) is 0 Å². The van der Waals surface area contributed by atoms with Gasteiger partial charge >= 0.3 is 0 Å². The normalized spacial score (nSPS) is 34.5. The van der Waals surface area contributed by atoms with Gasteiger partial charge in [-0.3, -0.25) is 0 Å². The maximum absolute atomic E-state index is 10.4. The Labute approximate surface area is 256 Å². The summed E-state index contributed by atoms with van der Waals surface area (Å²) in [5.74, 6) is 0. The molecule has 0 aromatic heterocycles. The number of nitrogens with zero attached hydrogens (tertiary/aromatic N) is 2. The van der Waals surface area contributed by atoms with Crippen LogP contribution < -0.4 is 0 Å². The van der Waals surface area contributed by atoms with Gasteiger partial charge in [0.15, 0.2) is 12.5 Å². The quantitative estimate of drug-likeness (QED) is 0.0576. The summed E-state index contributed by atoms with van der Waals surface area (Å²) in [6.45, 7) is -0.158. The molecule has 234 valence electrons. The molecule has 2 unspecified atom stereocenters. The van der Waals surface area contributed by atoms with E-state index in [2.05, 4.69) is 25.3 Å². The molecular weight excluding hydrogens is 605 g/mol. The average molecular weight is 649 g/mol. The average Bonchev–Trinajstić information content (AvgIpc) is 2.92. The van der Waals surface area contributed by atoms with Crippen LogP contribution in [0.5, 0.6) is 0 Å². The highest BCUT2D eigenvalue weighted by molar-refractivity contribution is 8.11. The number of hydrogen-bond acceptors (Lipinski definition) is 12. The van der Waals surface area contributed by atoms with E-state index in [1.165, 1.54) is 0 Å². The largest absolute Gasteiger partial charge is 0.394 e. The Morgan fingerprint density at radius 2 is 0.825 bits per heavy atom. The van der Waals surface area contributed by atoms with E-state index >= 15 is 0 Å². The van der Waals surface area contributed by atoms with Crippen molar-refractivity contribution in [1.82, 2.24) is 9.80 Å². The predicted octanol–water partition coefficient (Wildman–Crippen LogP) is -1.26. The molecule has 0 amide bonds. The summed E-state index contributed by atoms with van der Waals surface area (Å²) in [5.41, 5.74) is 0. The summed E-state index contributed by atoms with van der Waals surface area (Å²) in [5, 5.41) is 79.6. The molecule has 2 rings (SSSR count). The van der Waals surface area contributed by atoms with Crippen molar-refractivity contribution in [2.24, 2.45) is 0 Å². The lowest BCUT2D eigenvalue weighted by Crippen LogP contribution is -2.63. The van der Waals surface area contributed by atoms with E-state index in [0.29, 0.717) is 13.1 Å². The van der Waals surface area contributed by atoms with Crippen LogP contribution in [0.15, 0.2) is 0 Å². The first-order chi connectivity index (χ1) is 19.0. The Bertz CT molecular complexity index is 724. The van der Waals surface area contributed by atoms with Crippen LogP contribution in [0.3, 0.4) is 0 Å². The molecule has 40 heavy (non-hydrogen) atoms. The van der Waals surface area contributed by atoms with Gasteiger partial charge in [0.1, 0.15) is 57.5 Å². The molecule has 12 nitrogen and oxygen atoms in total. The molecule has 0 bridgehead atoms. The standard InChI is InChI=1S/C24H44N2O10S4/c27-11-13-15(29)17(31)19(33)21(35-13)25(23(37)38)9-7-5-3-1-2-4-6-8-10-26(24(39)40)22-20(34)18(32)16(30)14(12-28)36-22/h13-22,27-34H,1-12H2,(H,37,38)(H,39,40)/t13-,14-,15-,16-,17+,18+,19-,20-,21?,22?/m1/s1. The summed E-state index contributed by atoms with van der Waals surface area (Å²) < 4.78 is 11.5. The lowest BCUT2D eigenvalue weighted by molar-refractivity contribution is -0.254. The molecule has 2 fully saturated rings. The summed E-state index contributed by atoms with van der Waals surface area (Å²) in [6.07, 6.45) is -5.48. The molecule has 8 N–H and O–H groups in total. The van der Waals surface area contributed by atoms with Crippen LogP contribution in [-0.2, 0) is 9.47 Å². The molecule has 2 aliphatic heterocycles. The number of aliphatic hydroxyl groups excluding tert-OH is 8. The molecule has 0 saturated carbocycles. The smallest absolute Gasteiger partial charge is 0.160 e. The number of thiol groups is 2. The minimum atomic E-state index is -1.48. The van der Waals surface area contributed by atoms with E-state index < -0.39 is 74.5 Å². The van der Waals surface area contributed by atoms with Crippen LogP contribution >= 0.6 is 49.7 Å². The van der Waals surface area contributed by atoms with Gasteiger partial charge in [0.05, 0.1) is 13.2 Å². The van der Waals surface area contributed by atoms with Crippen molar-refractivity contribution in [1.29, 1.82) is 0 Å². The van der Waals surface area contributed by atoms with Crippen molar-refractivity contribution in [2.45, 2.75) is 113 Å². The fourth-order valence-electron chi connectivity index (χ4n) is 4.97. The first-order valence-corrected chi connectivity index (χ1v) is 15.3. The molecule has 16 heteroatoms. The third kappa shape index (κ3) is 9.80. The van der Waals surface area contributed by atoms with Crippen LogP contribution in [0.1, 0.15) is 51.4 Å². The van der Waals surface area contributed by atoms with Crippen molar-refractivity contribution < 1.29 is 50.3 Å². The van der Waals surface area contributed by atoms with Gasteiger partial charge in [0, 0.05) is 13.1 Å². The van der Waals surface area contributed by atoms with Gasteiger partial charge in [-0.25, -0.2) is 0 Å². The zero-order valence-electron chi connectivity index (χ0n) is 22.3. The Morgan fingerprint density at radius 3 is 1.10 bits per heavy atom. The highest BCUT2D eigenvalue weighted by Crippen LogP contribution is 2.27. The van der Waals surface area contributed by atoms with E-state index in [-0.39, 0.29) is 8.64 Å². The highest BCUT2D eigenvalue weighted by atomic mass is 32.1. The molecule has 0 spiro atoms. The van der Waals surface area contributed by atoms with Crippen molar-refractivity contribution in [2.75, 3.05) is 26.3 Å². The fraction of sp³-hybridized carbons (Fsp3) is 0.917. The predicted molar refractivity (Wildman–Crippen MR) is 161 cm³/mol. The minimum absolute atomic E-state index is 0.183. The topological polar surface area (TPSA) is 187 Å². The summed E-state index contributed by atoms with van der Waals surface area (Å²) in [6, 6.07) is 0. The molecular formula is C24H44N2O10S4. The lowest BCUT2D eigenvalue weighted by Gasteiger charge is -2.44. The van der Waals surface area contributed by atoms with E-state index in [0.717, 1.165) is 51.4 Å². The molecule has 0 aliphatic carbocycles. The highest BCUT2D eigenvalue weighted by Gasteiger charge is 2.47. The SMILES string of the molecule is OC[C@H]1OC(N(CCCCCCCCCCN(C(=S)S)C2O[C@H](CO)[C@@H](O)[C@H](O)[C@H]2O)C(=S)S)[C@H](O)[C@@H](O)[C@@H]1O. The van der Waals surface area contributed by atoms with Crippen molar-refractivity contribution in [3.8, 4) is 0 Å². The van der Waals surface area contributed by atoms with Gasteiger partial charge in [-0.1, -0.05) is 63.0 Å². The van der Waals surface area contributed by atoms with Crippen molar-refractivity contribution in [3.05, 3.63) is 0 Å². The van der Waals surface area contributed by atoms with Gasteiger partial charge in [-0.05, 0) is 12.8 Å². The van der Waals surface area contributed by atoms with E-state index in [1.807, 2.05) is 0 Å². The van der Waals surface area contributed by atoms with Crippen LogP contribution in [-0.4, -0.2) is 147 Å². The molecule has 10 atom stereocenters. The molecule has 2 heterocycles. The Balaban J connectivity index is 1.67. The summed E-state index contributed by atoms with van der Waals surface area (Å²) in [7, 11) is 0. The number of ether oxygens (including phenoxy) is 2. The fourth-order valence-corrected chi connectivity index (χ4v) is 5.79. The van der Waals surface area contributed by atoms with Crippen molar-refractivity contribution >= 4 is 58.3 Å². The van der Waals surface area contributed by atoms with E-state index in [4.69, 9.17) is 33.9 Å². The second kappa shape index (κ2) is 18.0. The number of unbranched alkanes of at least 4 members (excludes halogenated alkanes) is 7. The number of thiocarbonyl (C=S) groups is 2. The van der Waals surface area contributed by atoms with Crippen LogP contribution in [0, 0.1) is 0 Å². The van der Waals surface area contributed by atoms with Crippen LogP contribution in [0.25, 0.3) is 0 Å². The molecule has 0 aromatic carbocycles. The van der Waals surface area contributed by atoms with Crippen molar-refractivity contribution in [3.63, 3.8) is 0 Å². The van der Waals surface area contributed by atoms with E-state index in [1.54, 1.807) is 9.80 Å². The Kier molecular flexibility index (Phi) is 16.3. The first kappa shape index (κ1) is 36.3. The van der Waals surface area contributed by atoms with Crippen LogP contribution in [0.2, 0.25) is 0 Å². The number of aliphatic hydroxyl groups is 8. The zero-order valence-corrected chi connectivity index (χ0v) is 25.7. The first-order valence-electron chi connectivity index (χ1n) is 13.6. The van der Waals surface area contributed by atoms with Gasteiger partial charge in [-0.15, -0.1) is 25.3 Å². The second-order valence-corrected chi connectivity index (χ2v) is 12.4.